The number of hydrogen-bond acceptors (Lipinski definition) is 6. The Balaban J connectivity index is 1.32. The largest absolute Gasteiger partial charge is 0.493 e. The van der Waals surface area contributed by atoms with Crippen molar-refractivity contribution in [1.29, 1.82) is 0 Å². The summed E-state index contributed by atoms with van der Waals surface area (Å²) in [5, 5.41) is 0.477. The van der Waals surface area contributed by atoms with Crippen LogP contribution in [0.25, 0.3) is 11.0 Å². The number of carbonyl (C=O) groups is 1. The van der Waals surface area contributed by atoms with Crippen LogP contribution in [-0.2, 0) is 6.42 Å². The van der Waals surface area contributed by atoms with Crippen molar-refractivity contribution in [2.75, 3.05) is 33.9 Å². The first-order chi connectivity index (χ1) is 16.0. The highest BCUT2D eigenvalue weighted by atomic mass is 19.1. The highest BCUT2D eigenvalue weighted by Gasteiger charge is 2.25. The summed E-state index contributed by atoms with van der Waals surface area (Å²) in [5.74, 6) is 0.747. The van der Waals surface area contributed by atoms with Gasteiger partial charge in [-0.15, -0.1) is 0 Å². The molecule has 2 aromatic carbocycles. The zero-order valence-electron chi connectivity index (χ0n) is 18.9. The van der Waals surface area contributed by atoms with Gasteiger partial charge in [0.15, 0.2) is 22.7 Å². The Bertz CT molecular complexity index is 1180. The average Bonchev–Trinajstić information content (AvgIpc) is 2.85. The molecule has 7 heteroatoms. The van der Waals surface area contributed by atoms with Crippen molar-refractivity contribution in [3.63, 3.8) is 0 Å². The molecular weight excluding hydrogens is 425 g/mol. The van der Waals surface area contributed by atoms with Crippen LogP contribution in [0.4, 0.5) is 4.39 Å². The fourth-order valence-corrected chi connectivity index (χ4v) is 4.43. The number of methoxy groups -OCH3 is 2. The maximum absolute atomic E-state index is 13.1. The molecule has 0 saturated carbocycles. The van der Waals surface area contributed by atoms with E-state index in [2.05, 4.69) is 4.90 Å². The zero-order valence-corrected chi connectivity index (χ0v) is 18.9. The van der Waals surface area contributed by atoms with E-state index in [0.717, 1.165) is 38.9 Å². The van der Waals surface area contributed by atoms with Gasteiger partial charge in [0.25, 0.3) is 0 Å². The molecule has 1 fully saturated rings. The number of rotatable bonds is 8. The molecular formula is C26H28FNO5. The van der Waals surface area contributed by atoms with Crippen LogP contribution < -0.4 is 14.9 Å². The quantitative estimate of drug-likeness (QED) is 0.469. The molecule has 4 rings (SSSR count). The van der Waals surface area contributed by atoms with Crippen LogP contribution in [0.5, 0.6) is 11.5 Å². The summed E-state index contributed by atoms with van der Waals surface area (Å²) in [6.45, 7) is 2.52. The van der Waals surface area contributed by atoms with E-state index in [1.807, 2.05) is 0 Å². The molecule has 0 atom stereocenters. The summed E-state index contributed by atoms with van der Waals surface area (Å²) in [6, 6.07) is 9.11. The number of hydrogen-bond donors (Lipinski definition) is 0. The Morgan fingerprint density at radius 1 is 1.09 bits per heavy atom. The number of fused-ring (bicyclic) bond motifs is 1. The van der Waals surface area contributed by atoms with Crippen molar-refractivity contribution in [3.05, 3.63) is 69.8 Å². The topological polar surface area (TPSA) is 69.0 Å². The molecule has 0 unspecified atom stereocenters. The normalized spacial score (nSPS) is 15.0. The maximum Gasteiger partial charge on any atom is 0.195 e. The molecule has 33 heavy (non-hydrogen) atoms. The van der Waals surface area contributed by atoms with Gasteiger partial charge in [-0.1, -0.05) is 0 Å². The fourth-order valence-electron chi connectivity index (χ4n) is 4.43. The lowest BCUT2D eigenvalue weighted by Crippen LogP contribution is -2.37. The van der Waals surface area contributed by atoms with Gasteiger partial charge in [-0.3, -0.25) is 9.59 Å². The first kappa shape index (κ1) is 23.0. The Morgan fingerprint density at radius 3 is 2.42 bits per heavy atom. The number of likely N-dealkylation sites (tertiary alicyclic amines) is 1. The van der Waals surface area contributed by atoms with Crippen LogP contribution in [0.2, 0.25) is 0 Å². The molecule has 6 nitrogen and oxygen atoms in total. The van der Waals surface area contributed by atoms with Crippen molar-refractivity contribution in [2.45, 2.75) is 25.7 Å². The van der Waals surface area contributed by atoms with Gasteiger partial charge in [0, 0.05) is 23.1 Å². The number of nitrogens with zero attached hydrogens (tertiary/aromatic N) is 1. The minimum atomic E-state index is -0.333. The second-order valence-corrected chi connectivity index (χ2v) is 8.38. The number of piperidine rings is 1. The van der Waals surface area contributed by atoms with E-state index >= 15 is 0 Å². The van der Waals surface area contributed by atoms with Gasteiger partial charge in [0.2, 0.25) is 0 Å². The smallest absolute Gasteiger partial charge is 0.195 e. The molecule has 1 aliphatic rings. The molecule has 0 radical (unpaired) electrons. The van der Waals surface area contributed by atoms with Crippen LogP contribution in [0, 0.1) is 11.7 Å². The number of Topliss-reactive ketones (excluding diaryl/α,β-unsaturated/α-hetero) is 1. The highest BCUT2D eigenvalue weighted by molar-refractivity contribution is 5.97. The molecule has 1 saturated heterocycles. The molecule has 1 aromatic heterocycles. The first-order valence-electron chi connectivity index (χ1n) is 11.2. The van der Waals surface area contributed by atoms with Gasteiger partial charge in [-0.05, 0) is 75.6 Å². The van der Waals surface area contributed by atoms with Gasteiger partial charge < -0.3 is 18.8 Å². The number of halogens is 1. The second-order valence-electron chi connectivity index (χ2n) is 8.38. The third-order valence-corrected chi connectivity index (χ3v) is 6.36. The van der Waals surface area contributed by atoms with Crippen molar-refractivity contribution in [1.82, 2.24) is 4.90 Å². The van der Waals surface area contributed by atoms with E-state index in [9.17, 15) is 14.0 Å². The van der Waals surface area contributed by atoms with Crippen LogP contribution in [0.1, 0.15) is 35.2 Å². The minimum absolute atomic E-state index is 0.0220. The van der Waals surface area contributed by atoms with Crippen LogP contribution >= 0.6 is 0 Å². The molecule has 0 bridgehead atoms. The fraction of sp³-hybridized carbons (Fsp3) is 0.385. The number of ether oxygens (including phenoxy) is 2. The molecule has 174 valence electrons. The Hall–Kier alpha value is -3.19. The van der Waals surface area contributed by atoms with Crippen LogP contribution in [0.15, 0.2) is 51.9 Å². The van der Waals surface area contributed by atoms with Crippen molar-refractivity contribution in [3.8, 4) is 11.5 Å². The van der Waals surface area contributed by atoms with E-state index in [1.54, 1.807) is 24.3 Å². The monoisotopic (exact) mass is 453 g/mol. The van der Waals surface area contributed by atoms with E-state index in [4.69, 9.17) is 13.9 Å². The van der Waals surface area contributed by atoms with Gasteiger partial charge in [-0.2, -0.15) is 0 Å². The third-order valence-electron chi connectivity index (χ3n) is 6.36. The maximum atomic E-state index is 13.1. The molecule has 2 heterocycles. The molecule has 1 aliphatic heterocycles. The van der Waals surface area contributed by atoms with Crippen LogP contribution in [-0.4, -0.2) is 44.5 Å². The van der Waals surface area contributed by atoms with Gasteiger partial charge in [0.05, 0.1) is 25.9 Å². The summed E-state index contributed by atoms with van der Waals surface area (Å²) in [6.07, 6.45) is 4.54. The van der Waals surface area contributed by atoms with Crippen molar-refractivity contribution < 1.29 is 23.1 Å². The van der Waals surface area contributed by atoms with E-state index < -0.39 is 0 Å². The lowest BCUT2D eigenvalue weighted by molar-refractivity contribution is 0.0839. The SMILES string of the molecule is COc1cc2occ(CCCN3CCC(C(=O)c4ccc(F)cc4)CC3)c(=O)c2cc1OC. The summed E-state index contributed by atoms with van der Waals surface area (Å²) in [5.41, 5.74) is 1.62. The second kappa shape index (κ2) is 10.2. The number of aryl methyl sites for hydroxylation is 1. The predicted molar refractivity (Wildman–Crippen MR) is 124 cm³/mol. The standard InChI is InChI=1S/C26H28FNO5/c1-31-23-14-21-22(15-24(23)32-2)33-16-19(26(21)30)4-3-11-28-12-9-18(10-13-28)25(29)17-5-7-20(27)8-6-17/h5-8,14-16,18H,3-4,9-13H2,1-2H3. The Morgan fingerprint density at radius 2 is 1.76 bits per heavy atom. The molecule has 0 aliphatic carbocycles. The molecule has 0 spiro atoms. The molecule has 0 N–H and O–H groups in total. The van der Waals surface area contributed by atoms with E-state index in [1.165, 1.54) is 32.6 Å². The summed E-state index contributed by atoms with van der Waals surface area (Å²) >= 11 is 0. The number of benzene rings is 2. The highest BCUT2D eigenvalue weighted by Crippen LogP contribution is 2.31. The van der Waals surface area contributed by atoms with Crippen molar-refractivity contribution in [2.24, 2.45) is 5.92 Å². The van der Waals surface area contributed by atoms with E-state index in [0.29, 0.717) is 40.0 Å². The third kappa shape index (κ3) is 5.09. The van der Waals surface area contributed by atoms with E-state index in [-0.39, 0.29) is 22.9 Å². The van der Waals surface area contributed by atoms with Crippen LogP contribution in [0.3, 0.4) is 0 Å². The summed E-state index contributed by atoms with van der Waals surface area (Å²) in [7, 11) is 3.07. The average molecular weight is 454 g/mol. The van der Waals surface area contributed by atoms with Gasteiger partial charge >= 0.3 is 0 Å². The molecule has 0 amide bonds. The summed E-state index contributed by atoms with van der Waals surface area (Å²) < 4.78 is 29.4. The summed E-state index contributed by atoms with van der Waals surface area (Å²) in [4.78, 5) is 27.9. The predicted octanol–water partition coefficient (Wildman–Crippen LogP) is 4.48. The first-order valence-corrected chi connectivity index (χ1v) is 11.2. The van der Waals surface area contributed by atoms with Crippen molar-refractivity contribution >= 4 is 16.8 Å². The molecule has 3 aromatic rings. The number of ketones is 1. The minimum Gasteiger partial charge on any atom is -0.493 e. The Kier molecular flexibility index (Phi) is 7.08. The lowest BCUT2D eigenvalue weighted by atomic mass is 9.89. The number of carbonyl (C=O) groups excluding carboxylic acids is 1. The van der Waals surface area contributed by atoms with Gasteiger partial charge in [0.1, 0.15) is 11.4 Å². The Labute approximate surface area is 191 Å². The zero-order chi connectivity index (χ0) is 23.4. The van der Waals surface area contributed by atoms with Gasteiger partial charge in [-0.25, -0.2) is 4.39 Å². The lowest BCUT2D eigenvalue weighted by Gasteiger charge is -2.31.